The first-order valence-corrected chi connectivity index (χ1v) is 7.64. The summed E-state index contributed by atoms with van der Waals surface area (Å²) in [5.74, 6) is -0.143. The van der Waals surface area contributed by atoms with Gasteiger partial charge in [0.05, 0.1) is 17.7 Å². The van der Waals surface area contributed by atoms with Crippen LogP contribution in [0.3, 0.4) is 0 Å². The molecule has 1 atom stereocenters. The summed E-state index contributed by atoms with van der Waals surface area (Å²) in [6.45, 7) is 0.874. The van der Waals surface area contributed by atoms with Crippen molar-refractivity contribution in [2.45, 2.75) is 18.6 Å². The van der Waals surface area contributed by atoms with Crippen LogP contribution < -0.4 is 0 Å². The lowest BCUT2D eigenvalue weighted by molar-refractivity contribution is 0.304. The van der Waals surface area contributed by atoms with Crippen LogP contribution in [0.2, 0.25) is 0 Å². The molecule has 2 rings (SSSR count). The Hall–Kier alpha value is -1.38. The van der Waals surface area contributed by atoms with Crippen molar-refractivity contribution in [1.29, 1.82) is 5.26 Å². The van der Waals surface area contributed by atoms with Gasteiger partial charge >= 0.3 is 0 Å². The number of hydrogen-bond acceptors (Lipinski definition) is 3. The quantitative estimate of drug-likeness (QED) is 0.835. The minimum atomic E-state index is -3.30. The lowest BCUT2D eigenvalue weighted by atomic mass is 10.0. The van der Waals surface area contributed by atoms with E-state index in [1.165, 1.54) is 4.31 Å². The van der Waals surface area contributed by atoms with Crippen LogP contribution in [-0.2, 0) is 15.8 Å². The first-order valence-electron chi connectivity index (χ1n) is 6.03. The SMILES string of the molecule is N#CC1CCCN(S(=O)(=O)Cc2ccccc2)C1. The average molecular weight is 264 g/mol. The molecule has 0 saturated carbocycles. The summed E-state index contributed by atoms with van der Waals surface area (Å²) in [6, 6.07) is 11.3. The molecule has 0 amide bonds. The van der Waals surface area contributed by atoms with E-state index >= 15 is 0 Å². The summed E-state index contributed by atoms with van der Waals surface area (Å²) in [5, 5.41) is 8.89. The predicted molar refractivity (Wildman–Crippen MR) is 69.0 cm³/mol. The lowest BCUT2D eigenvalue weighted by Gasteiger charge is -2.28. The van der Waals surface area contributed by atoms with Crippen molar-refractivity contribution in [1.82, 2.24) is 4.31 Å². The van der Waals surface area contributed by atoms with Crippen LogP contribution in [0.4, 0.5) is 0 Å². The number of benzene rings is 1. The zero-order valence-corrected chi connectivity index (χ0v) is 10.9. The van der Waals surface area contributed by atoms with Crippen molar-refractivity contribution in [3.05, 3.63) is 35.9 Å². The molecular formula is C13H16N2O2S. The van der Waals surface area contributed by atoms with Crippen molar-refractivity contribution in [2.75, 3.05) is 13.1 Å². The van der Waals surface area contributed by atoms with Crippen LogP contribution >= 0.6 is 0 Å². The zero-order chi connectivity index (χ0) is 13.0. The summed E-state index contributed by atoms with van der Waals surface area (Å²) in [7, 11) is -3.30. The van der Waals surface area contributed by atoms with Crippen LogP contribution in [0.5, 0.6) is 0 Å². The van der Waals surface area contributed by atoms with Crippen molar-refractivity contribution < 1.29 is 8.42 Å². The first-order chi connectivity index (χ1) is 8.62. The predicted octanol–water partition coefficient (Wildman–Crippen LogP) is 1.75. The summed E-state index contributed by atoms with van der Waals surface area (Å²) in [6.07, 6.45) is 1.57. The molecule has 18 heavy (non-hydrogen) atoms. The zero-order valence-electron chi connectivity index (χ0n) is 10.1. The normalized spacial score (nSPS) is 21.4. The number of nitriles is 1. The molecule has 1 fully saturated rings. The van der Waals surface area contributed by atoms with Gasteiger partial charge in [0.15, 0.2) is 0 Å². The molecule has 4 nitrogen and oxygen atoms in total. The van der Waals surface area contributed by atoms with Gasteiger partial charge in [0, 0.05) is 13.1 Å². The molecule has 1 unspecified atom stereocenters. The Morgan fingerprint density at radius 1 is 1.33 bits per heavy atom. The second-order valence-electron chi connectivity index (χ2n) is 4.57. The molecular weight excluding hydrogens is 248 g/mol. The van der Waals surface area contributed by atoms with Gasteiger partial charge in [0.25, 0.3) is 0 Å². The Morgan fingerprint density at radius 3 is 2.72 bits per heavy atom. The topological polar surface area (TPSA) is 61.2 Å². The highest BCUT2D eigenvalue weighted by molar-refractivity contribution is 7.88. The molecule has 0 spiro atoms. The van der Waals surface area contributed by atoms with E-state index in [2.05, 4.69) is 6.07 Å². The average Bonchev–Trinajstić information content (AvgIpc) is 2.39. The number of rotatable bonds is 3. The Bertz CT molecular complexity index is 534. The molecule has 5 heteroatoms. The molecule has 0 radical (unpaired) electrons. The Morgan fingerprint density at radius 2 is 2.06 bits per heavy atom. The molecule has 0 aliphatic carbocycles. The van der Waals surface area contributed by atoms with E-state index < -0.39 is 10.0 Å². The van der Waals surface area contributed by atoms with E-state index in [0.29, 0.717) is 13.1 Å². The third-order valence-electron chi connectivity index (χ3n) is 3.15. The van der Waals surface area contributed by atoms with E-state index in [1.807, 2.05) is 30.3 Å². The smallest absolute Gasteiger partial charge is 0.212 e. The van der Waals surface area contributed by atoms with E-state index in [4.69, 9.17) is 5.26 Å². The Kier molecular flexibility index (Phi) is 4.00. The first kappa shape index (κ1) is 13.1. The Labute approximate surface area is 108 Å². The maximum Gasteiger partial charge on any atom is 0.218 e. The molecule has 1 saturated heterocycles. The highest BCUT2D eigenvalue weighted by Gasteiger charge is 2.28. The fourth-order valence-corrected chi connectivity index (χ4v) is 3.79. The van der Waals surface area contributed by atoms with Gasteiger partial charge in [-0.05, 0) is 18.4 Å². The highest BCUT2D eigenvalue weighted by atomic mass is 32.2. The number of piperidine rings is 1. The number of nitrogens with zero attached hydrogens (tertiary/aromatic N) is 2. The van der Waals surface area contributed by atoms with E-state index in [1.54, 1.807) is 0 Å². The van der Waals surface area contributed by atoms with Gasteiger partial charge in [-0.2, -0.15) is 5.26 Å². The van der Waals surface area contributed by atoms with Gasteiger partial charge in [-0.1, -0.05) is 30.3 Å². The van der Waals surface area contributed by atoms with Crippen LogP contribution in [0.1, 0.15) is 18.4 Å². The van der Waals surface area contributed by atoms with Crippen molar-refractivity contribution in [3.8, 4) is 6.07 Å². The molecule has 1 heterocycles. The lowest BCUT2D eigenvalue weighted by Crippen LogP contribution is -2.40. The molecule has 0 bridgehead atoms. The van der Waals surface area contributed by atoms with Crippen LogP contribution in [0, 0.1) is 17.2 Å². The standard InChI is InChI=1S/C13H16N2O2S/c14-9-13-7-4-8-15(10-13)18(16,17)11-12-5-2-1-3-6-12/h1-3,5-6,13H,4,7-8,10-11H2. The Balaban J connectivity index is 2.09. The van der Waals surface area contributed by atoms with Crippen LogP contribution in [0.15, 0.2) is 30.3 Å². The van der Waals surface area contributed by atoms with Gasteiger partial charge in [-0.15, -0.1) is 0 Å². The monoisotopic (exact) mass is 264 g/mol. The maximum atomic E-state index is 12.2. The summed E-state index contributed by atoms with van der Waals surface area (Å²) >= 11 is 0. The van der Waals surface area contributed by atoms with Crippen molar-refractivity contribution in [2.24, 2.45) is 5.92 Å². The van der Waals surface area contributed by atoms with Gasteiger partial charge in [-0.3, -0.25) is 0 Å². The number of sulfonamides is 1. The molecule has 0 N–H and O–H groups in total. The highest BCUT2D eigenvalue weighted by Crippen LogP contribution is 2.20. The van der Waals surface area contributed by atoms with Crippen LogP contribution in [-0.4, -0.2) is 25.8 Å². The molecule has 96 valence electrons. The van der Waals surface area contributed by atoms with Gasteiger partial charge in [0.2, 0.25) is 10.0 Å². The van der Waals surface area contributed by atoms with E-state index in [9.17, 15) is 8.42 Å². The van der Waals surface area contributed by atoms with E-state index in [-0.39, 0.29) is 11.7 Å². The third-order valence-corrected chi connectivity index (χ3v) is 4.97. The minimum Gasteiger partial charge on any atom is -0.212 e. The van der Waals surface area contributed by atoms with Gasteiger partial charge < -0.3 is 0 Å². The fraction of sp³-hybridized carbons (Fsp3) is 0.462. The third kappa shape index (κ3) is 3.09. The van der Waals surface area contributed by atoms with E-state index in [0.717, 1.165) is 18.4 Å². The molecule has 1 aliphatic rings. The number of hydrogen-bond donors (Lipinski definition) is 0. The maximum absolute atomic E-state index is 12.2. The summed E-state index contributed by atoms with van der Waals surface area (Å²) < 4.78 is 25.9. The summed E-state index contributed by atoms with van der Waals surface area (Å²) in [5.41, 5.74) is 0.789. The molecule has 1 aliphatic heterocycles. The summed E-state index contributed by atoms with van der Waals surface area (Å²) in [4.78, 5) is 0. The minimum absolute atomic E-state index is 0.0198. The molecule has 1 aromatic rings. The second kappa shape index (κ2) is 5.51. The van der Waals surface area contributed by atoms with Crippen molar-refractivity contribution >= 4 is 10.0 Å². The second-order valence-corrected chi connectivity index (χ2v) is 6.54. The molecule has 1 aromatic carbocycles. The van der Waals surface area contributed by atoms with Crippen molar-refractivity contribution in [3.63, 3.8) is 0 Å². The molecule has 0 aromatic heterocycles. The largest absolute Gasteiger partial charge is 0.218 e. The van der Waals surface area contributed by atoms with Gasteiger partial charge in [-0.25, -0.2) is 12.7 Å². The van der Waals surface area contributed by atoms with Crippen LogP contribution in [0.25, 0.3) is 0 Å². The van der Waals surface area contributed by atoms with Gasteiger partial charge in [0.1, 0.15) is 0 Å². The fourth-order valence-electron chi connectivity index (χ4n) is 2.18.